The molecular formula is C11H17NO4. The van der Waals surface area contributed by atoms with Crippen LogP contribution < -0.4 is 5.32 Å². The van der Waals surface area contributed by atoms with Crippen molar-refractivity contribution < 1.29 is 19.4 Å². The van der Waals surface area contributed by atoms with Gasteiger partial charge in [0.1, 0.15) is 5.41 Å². The van der Waals surface area contributed by atoms with Crippen LogP contribution in [0.3, 0.4) is 0 Å². The minimum absolute atomic E-state index is 0.0324. The zero-order valence-corrected chi connectivity index (χ0v) is 9.20. The molecule has 0 radical (unpaired) electrons. The van der Waals surface area contributed by atoms with Gasteiger partial charge in [-0.05, 0) is 25.2 Å². The molecule has 2 N–H and O–H groups in total. The maximum Gasteiger partial charge on any atom is 0.313 e. The molecule has 2 rings (SSSR count). The number of amides is 1. The Hall–Kier alpha value is -1.10. The maximum atomic E-state index is 11.5. The van der Waals surface area contributed by atoms with Gasteiger partial charge in [0.15, 0.2) is 0 Å². The van der Waals surface area contributed by atoms with E-state index in [0.29, 0.717) is 25.4 Å². The van der Waals surface area contributed by atoms with E-state index < -0.39 is 11.4 Å². The number of ether oxygens (including phenoxy) is 1. The minimum atomic E-state index is -0.904. The quantitative estimate of drug-likeness (QED) is 0.712. The van der Waals surface area contributed by atoms with Crippen molar-refractivity contribution in [3.05, 3.63) is 0 Å². The summed E-state index contributed by atoms with van der Waals surface area (Å²) in [4.78, 5) is 22.6. The van der Waals surface area contributed by atoms with Crippen molar-refractivity contribution in [1.82, 2.24) is 5.32 Å². The Morgan fingerprint density at radius 2 is 2.19 bits per heavy atom. The first kappa shape index (κ1) is 11.4. The summed E-state index contributed by atoms with van der Waals surface area (Å²) in [5.74, 6) is -0.382. The Morgan fingerprint density at radius 3 is 2.69 bits per heavy atom. The molecule has 5 heteroatoms. The molecule has 1 saturated heterocycles. The van der Waals surface area contributed by atoms with Gasteiger partial charge in [0, 0.05) is 19.6 Å². The molecule has 0 aromatic carbocycles. The molecule has 0 spiro atoms. The van der Waals surface area contributed by atoms with E-state index in [1.54, 1.807) is 0 Å². The number of carboxylic acid groups (broad SMARTS) is 1. The number of aliphatic carboxylic acids is 1. The van der Waals surface area contributed by atoms with Crippen molar-refractivity contribution in [2.24, 2.45) is 11.3 Å². The highest BCUT2D eigenvalue weighted by Gasteiger charge is 2.42. The lowest BCUT2D eigenvalue weighted by atomic mass is 9.87. The summed E-state index contributed by atoms with van der Waals surface area (Å²) in [5.41, 5.74) is -0.904. The SMILES string of the molecule is O=C(CC1CC1)NCC1(C(=O)O)CCOC1. The van der Waals surface area contributed by atoms with E-state index in [2.05, 4.69) is 5.32 Å². The van der Waals surface area contributed by atoms with Gasteiger partial charge in [0.25, 0.3) is 0 Å². The van der Waals surface area contributed by atoms with E-state index in [1.165, 1.54) is 0 Å². The van der Waals surface area contributed by atoms with Crippen LogP contribution in [-0.2, 0) is 14.3 Å². The molecule has 1 heterocycles. The molecule has 5 nitrogen and oxygen atoms in total. The summed E-state index contributed by atoms with van der Waals surface area (Å²) in [5, 5.41) is 11.9. The largest absolute Gasteiger partial charge is 0.481 e. The third-order valence-electron chi connectivity index (χ3n) is 3.35. The van der Waals surface area contributed by atoms with Crippen LogP contribution in [0.5, 0.6) is 0 Å². The first-order valence-corrected chi connectivity index (χ1v) is 5.70. The minimum Gasteiger partial charge on any atom is -0.481 e. The predicted molar refractivity (Wildman–Crippen MR) is 55.9 cm³/mol. The standard InChI is InChI=1S/C11H17NO4/c13-9(5-8-1-2-8)12-6-11(10(14)15)3-4-16-7-11/h8H,1-7H2,(H,12,13)(H,14,15). The number of rotatable bonds is 5. The third-order valence-corrected chi connectivity index (χ3v) is 3.35. The van der Waals surface area contributed by atoms with Crippen LogP contribution in [0, 0.1) is 11.3 Å². The zero-order chi connectivity index (χ0) is 11.6. The van der Waals surface area contributed by atoms with Crippen LogP contribution in [0.25, 0.3) is 0 Å². The van der Waals surface area contributed by atoms with Gasteiger partial charge >= 0.3 is 5.97 Å². The molecule has 0 aromatic heterocycles. The van der Waals surface area contributed by atoms with Crippen LogP contribution >= 0.6 is 0 Å². The van der Waals surface area contributed by atoms with Crippen molar-refractivity contribution in [3.8, 4) is 0 Å². The van der Waals surface area contributed by atoms with Gasteiger partial charge in [0.05, 0.1) is 6.61 Å². The molecule has 0 bridgehead atoms. The zero-order valence-electron chi connectivity index (χ0n) is 9.20. The summed E-state index contributed by atoms with van der Waals surface area (Å²) >= 11 is 0. The Kier molecular flexibility index (Phi) is 3.14. The molecule has 2 aliphatic rings. The summed E-state index contributed by atoms with van der Waals surface area (Å²) in [6.07, 6.45) is 3.27. The van der Waals surface area contributed by atoms with Crippen LogP contribution in [0.2, 0.25) is 0 Å². The van der Waals surface area contributed by atoms with Gasteiger partial charge in [-0.15, -0.1) is 0 Å². The van der Waals surface area contributed by atoms with E-state index in [1.807, 2.05) is 0 Å². The molecule has 1 aliphatic heterocycles. The van der Waals surface area contributed by atoms with Crippen LogP contribution in [-0.4, -0.2) is 36.7 Å². The smallest absolute Gasteiger partial charge is 0.313 e. The van der Waals surface area contributed by atoms with Gasteiger partial charge in [-0.2, -0.15) is 0 Å². The highest BCUT2D eigenvalue weighted by molar-refractivity contribution is 5.79. The number of nitrogens with one attached hydrogen (secondary N) is 1. The highest BCUT2D eigenvalue weighted by atomic mass is 16.5. The van der Waals surface area contributed by atoms with Gasteiger partial charge < -0.3 is 15.2 Å². The van der Waals surface area contributed by atoms with Crippen molar-refractivity contribution in [2.75, 3.05) is 19.8 Å². The van der Waals surface area contributed by atoms with E-state index in [4.69, 9.17) is 9.84 Å². The molecular weight excluding hydrogens is 210 g/mol. The van der Waals surface area contributed by atoms with E-state index in [9.17, 15) is 9.59 Å². The number of carboxylic acids is 1. The van der Waals surface area contributed by atoms with Crippen molar-refractivity contribution >= 4 is 11.9 Å². The van der Waals surface area contributed by atoms with E-state index in [0.717, 1.165) is 12.8 Å². The summed E-state index contributed by atoms with van der Waals surface area (Å²) < 4.78 is 5.12. The van der Waals surface area contributed by atoms with Crippen LogP contribution in [0.1, 0.15) is 25.7 Å². The highest BCUT2D eigenvalue weighted by Crippen LogP contribution is 2.32. The number of hydrogen-bond donors (Lipinski definition) is 2. The van der Waals surface area contributed by atoms with Gasteiger partial charge in [0.2, 0.25) is 5.91 Å². The molecule has 90 valence electrons. The average Bonchev–Trinajstić information content (AvgIpc) is 2.92. The van der Waals surface area contributed by atoms with Gasteiger partial charge in [-0.1, -0.05) is 0 Å². The fourth-order valence-corrected chi connectivity index (χ4v) is 1.92. The fourth-order valence-electron chi connectivity index (χ4n) is 1.92. The van der Waals surface area contributed by atoms with Crippen molar-refractivity contribution in [3.63, 3.8) is 0 Å². The monoisotopic (exact) mass is 227 g/mol. The number of carbonyl (C=O) groups excluding carboxylic acids is 1. The molecule has 0 aromatic rings. The molecule has 1 unspecified atom stereocenters. The summed E-state index contributed by atoms with van der Waals surface area (Å²) in [6.45, 7) is 0.852. The Morgan fingerprint density at radius 1 is 1.44 bits per heavy atom. The lowest BCUT2D eigenvalue weighted by Crippen LogP contribution is -2.43. The Labute approximate surface area is 94.2 Å². The topological polar surface area (TPSA) is 75.6 Å². The number of hydrogen-bond acceptors (Lipinski definition) is 3. The van der Waals surface area contributed by atoms with Crippen LogP contribution in [0.4, 0.5) is 0 Å². The predicted octanol–water partition coefficient (Wildman–Crippen LogP) is 0.394. The van der Waals surface area contributed by atoms with Crippen molar-refractivity contribution in [2.45, 2.75) is 25.7 Å². The Bertz CT molecular complexity index is 292. The molecule has 1 atom stereocenters. The second-order valence-corrected chi connectivity index (χ2v) is 4.81. The lowest BCUT2D eigenvalue weighted by molar-refractivity contribution is -0.148. The molecule has 1 saturated carbocycles. The summed E-state index contributed by atoms with van der Waals surface area (Å²) in [7, 11) is 0. The normalized spacial score (nSPS) is 29.0. The van der Waals surface area contributed by atoms with Gasteiger partial charge in [-0.3, -0.25) is 9.59 Å². The lowest BCUT2D eigenvalue weighted by Gasteiger charge is -2.22. The number of carbonyl (C=O) groups is 2. The van der Waals surface area contributed by atoms with Gasteiger partial charge in [-0.25, -0.2) is 0 Å². The third kappa shape index (κ3) is 2.52. The maximum absolute atomic E-state index is 11.5. The van der Waals surface area contributed by atoms with E-state index >= 15 is 0 Å². The fraction of sp³-hybridized carbons (Fsp3) is 0.818. The molecule has 1 aliphatic carbocycles. The van der Waals surface area contributed by atoms with Crippen LogP contribution in [0.15, 0.2) is 0 Å². The van der Waals surface area contributed by atoms with Crippen molar-refractivity contribution in [1.29, 1.82) is 0 Å². The second-order valence-electron chi connectivity index (χ2n) is 4.81. The Balaban J connectivity index is 1.81. The second kappa shape index (κ2) is 4.41. The molecule has 1 amide bonds. The first-order chi connectivity index (χ1) is 7.62. The first-order valence-electron chi connectivity index (χ1n) is 5.70. The molecule has 2 fully saturated rings. The molecule has 16 heavy (non-hydrogen) atoms. The summed E-state index contributed by atoms with van der Waals surface area (Å²) in [6, 6.07) is 0. The van der Waals surface area contributed by atoms with E-state index in [-0.39, 0.29) is 19.1 Å². The average molecular weight is 227 g/mol.